The van der Waals surface area contributed by atoms with Gasteiger partial charge in [-0.3, -0.25) is 0 Å². The summed E-state index contributed by atoms with van der Waals surface area (Å²) in [6.07, 6.45) is 0. The monoisotopic (exact) mass is 271 g/mol. The topological polar surface area (TPSA) is 12.0 Å². The Kier molecular flexibility index (Phi) is 4.64. The third kappa shape index (κ3) is 3.23. The number of hydrogen-bond donors (Lipinski definition) is 1. The predicted octanol–water partition coefficient (Wildman–Crippen LogP) is 4.24. The number of nitrogens with one attached hydrogen (secondary N) is 1. The third-order valence-corrected chi connectivity index (χ3v) is 13.5. The molecule has 15 heavy (non-hydrogen) atoms. The quantitative estimate of drug-likeness (QED) is 0.789. The predicted molar refractivity (Wildman–Crippen MR) is 67.2 cm³/mol. The molecule has 0 atom stereocenters. The summed E-state index contributed by atoms with van der Waals surface area (Å²) in [4.78, 5) is 0. The van der Waals surface area contributed by atoms with E-state index in [4.69, 9.17) is 0 Å². The van der Waals surface area contributed by atoms with Gasteiger partial charge in [-0.25, -0.2) is 0 Å². The molecule has 0 aliphatic rings. The van der Waals surface area contributed by atoms with Gasteiger partial charge in [-0.1, -0.05) is 0 Å². The average Bonchev–Trinajstić information content (AvgIpc) is 2.26. The second kappa shape index (κ2) is 5.54. The Morgan fingerprint density at radius 2 is 1.73 bits per heavy atom. The second-order valence-electron chi connectivity index (χ2n) is 3.98. The van der Waals surface area contributed by atoms with Crippen molar-refractivity contribution < 1.29 is 4.39 Å². The molecule has 0 bridgehead atoms. The van der Waals surface area contributed by atoms with Crippen molar-refractivity contribution in [2.45, 2.75) is 36.5 Å². The van der Waals surface area contributed by atoms with Crippen molar-refractivity contribution in [3.05, 3.63) is 30.1 Å². The van der Waals surface area contributed by atoms with Gasteiger partial charge in [-0.2, -0.15) is 0 Å². The van der Waals surface area contributed by atoms with Crippen LogP contribution >= 0.6 is 0 Å². The molecule has 0 amide bonds. The first-order valence-electron chi connectivity index (χ1n) is 5.69. The fourth-order valence-corrected chi connectivity index (χ4v) is 7.76. The van der Waals surface area contributed by atoms with E-state index in [1.54, 1.807) is 12.1 Å². The first-order chi connectivity index (χ1) is 7.15. The van der Waals surface area contributed by atoms with Gasteiger partial charge in [0.25, 0.3) is 0 Å². The first-order valence-corrected chi connectivity index (χ1v) is 11.2. The number of benzene rings is 1. The molecule has 0 aliphatic heterocycles. The molecule has 1 N–H and O–H groups in total. The Morgan fingerprint density at radius 3 is 2.20 bits per heavy atom. The van der Waals surface area contributed by atoms with Crippen LogP contribution in [0.25, 0.3) is 0 Å². The molecule has 1 aromatic carbocycles. The van der Waals surface area contributed by atoms with Crippen LogP contribution in [0.1, 0.15) is 20.8 Å². The molecule has 1 rings (SSSR count). The summed E-state index contributed by atoms with van der Waals surface area (Å²) in [6.45, 7) is 6.75. The Labute approximate surface area is 94.7 Å². The van der Waals surface area contributed by atoms with Crippen LogP contribution in [0.4, 0.5) is 10.1 Å². The van der Waals surface area contributed by atoms with Crippen molar-refractivity contribution >= 4 is 19.2 Å². The Hall–Kier alpha value is -0.507. The van der Waals surface area contributed by atoms with Crippen LogP contribution in [0.2, 0.25) is 15.8 Å². The fraction of sp³-hybridized carbons (Fsp3) is 0.500. The van der Waals surface area contributed by atoms with Crippen LogP contribution in [0.5, 0.6) is 0 Å². The van der Waals surface area contributed by atoms with Gasteiger partial charge in [0, 0.05) is 0 Å². The third-order valence-electron chi connectivity index (χ3n) is 3.26. The molecule has 0 unspecified atom stereocenters. The van der Waals surface area contributed by atoms with Crippen molar-refractivity contribution in [3.8, 4) is 0 Å². The van der Waals surface area contributed by atoms with Gasteiger partial charge in [-0.15, -0.1) is 0 Å². The van der Waals surface area contributed by atoms with E-state index in [0.717, 1.165) is 5.69 Å². The molecule has 0 aliphatic carbocycles. The second-order valence-corrected chi connectivity index (χ2v) is 14.3. The molecule has 1 nitrogen and oxygen atoms in total. The number of anilines is 1. The summed E-state index contributed by atoms with van der Waals surface area (Å²) in [5, 5.41) is 3.72. The summed E-state index contributed by atoms with van der Waals surface area (Å²) in [5.41, 5.74) is 0.959. The first kappa shape index (κ1) is 12.6. The van der Waals surface area contributed by atoms with Crippen molar-refractivity contribution in [2.75, 3.05) is 4.27 Å². The van der Waals surface area contributed by atoms with E-state index < -0.39 is 13.5 Å². The molecular formula is C12H20FGeN. The van der Waals surface area contributed by atoms with Gasteiger partial charge < -0.3 is 0 Å². The van der Waals surface area contributed by atoms with E-state index in [-0.39, 0.29) is 5.82 Å². The van der Waals surface area contributed by atoms with Gasteiger partial charge in [0.05, 0.1) is 0 Å². The molecule has 0 spiro atoms. The van der Waals surface area contributed by atoms with Crippen molar-refractivity contribution in [3.63, 3.8) is 0 Å². The summed E-state index contributed by atoms with van der Waals surface area (Å²) < 4.78 is 16.7. The normalized spacial score (nSPS) is 11.5. The SMILES string of the molecule is C[CH2][Ge]([CH2]C)([CH2]C)[NH]c1cccc(F)c1. The molecule has 0 saturated carbocycles. The number of hydrogen-bond acceptors (Lipinski definition) is 1. The molecule has 0 aromatic heterocycles. The molecule has 0 saturated heterocycles. The molecule has 0 fully saturated rings. The molecular weight excluding hydrogens is 250 g/mol. The van der Waals surface area contributed by atoms with E-state index in [1.807, 2.05) is 6.07 Å². The molecule has 84 valence electrons. The Morgan fingerprint density at radius 1 is 1.13 bits per heavy atom. The molecule has 3 heteroatoms. The number of halogens is 1. The Balaban J connectivity index is 2.82. The van der Waals surface area contributed by atoms with Crippen LogP contribution in [-0.4, -0.2) is 13.5 Å². The zero-order valence-electron chi connectivity index (χ0n) is 9.81. The van der Waals surface area contributed by atoms with Gasteiger partial charge in [0.15, 0.2) is 0 Å². The van der Waals surface area contributed by atoms with E-state index in [9.17, 15) is 4.39 Å². The molecule has 0 radical (unpaired) electrons. The van der Waals surface area contributed by atoms with Gasteiger partial charge in [-0.05, 0) is 0 Å². The standard InChI is InChI=1S/C12H20FGeN/c1-4-14(5-2,6-3)15-12-9-7-8-11(13)10-12/h7-10,15H,4-6H2,1-3H3. The summed E-state index contributed by atoms with van der Waals surface area (Å²) in [5.74, 6) is -0.153. The zero-order chi connectivity index (χ0) is 11.3. The van der Waals surface area contributed by atoms with Crippen LogP contribution < -0.4 is 4.27 Å². The van der Waals surface area contributed by atoms with Crippen molar-refractivity contribution in [1.29, 1.82) is 0 Å². The van der Waals surface area contributed by atoms with E-state index in [0.29, 0.717) is 0 Å². The minimum absolute atomic E-state index is 0.153. The maximum absolute atomic E-state index is 13.0. The summed E-state index contributed by atoms with van der Waals surface area (Å²) in [6, 6.07) is 6.82. The van der Waals surface area contributed by atoms with Crippen LogP contribution in [0.15, 0.2) is 24.3 Å². The maximum atomic E-state index is 13.0. The van der Waals surface area contributed by atoms with E-state index in [2.05, 4.69) is 25.0 Å². The van der Waals surface area contributed by atoms with Gasteiger partial charge >= 0.3 is 94.5 Å². The van der Waals surface area contributed by atoms with E-state index in [1.165, 1.54) is 21.8 Å². The fourth-order valence-electron chi connectivity index (χ4n) is 1.89. The van der Waals surface area contributed by atoms with Crippen LogP contribution in [0, 0.1) is 5.82 Å². The number of rotatable bonds is 5. The Bertz CT molecular complexity index is 302. The average molecular weight is 270 g/mol. The van der Waals surface area contributed by atoms with Gasteiger partial charge in [0.2, 0.25) is 0 Å². The van der Waals surface area contributed by atoms with Crippen molar-refractivity contribution in [1.82, 2.24) is 0 Å². The minimum atomic E-state index is -1.92. The molecule has 1 aromatic rings. The van der Waals surface area contributed by atoms with E-state index >= 15 is 0 Å². The van der Waals surface area contributed by atoms with Crippen LogP contribution in [0.3, 0.4) is 0 Å². The zero-order valence-corrected chi connectivity index (χ0v) is 11.9. The van der Waals surface area contributed by atoms with Crippen LogP contribution in [-0.2, 0) is 0 Å². The molecule has 0 heterocycles. The van der Waals surface area contributed by atoms with Crippen molar-refractivity contribution in [2.24, 2.45) is 0 Å². The summed E-state index contributed by atoms with van der Waals surface area (Å²) in [7, 11) is 0. The summed E-state index contributed by atoms with van der Waals surface area (Å²) >= 11 is -1.92. The van der Waals surface area contributed by atoms with Gasteiger partial charge in [0.1, 0.15) is 0 Å².